The number of pyridine rings is 5. The quantitative estimate of drug-likeness (QED) is 0.0579. The van der Waals surface area contributed by atoms with Crippen molar-refractivity contribution in [1.82, 2.24) is 39.7 Å². The maximum atomic E-state index is 12.6. The summed E-state index contributed by atoms with van der Waals surface area (Å²) >= 11 is 33.0. The Labute approximate surface area is 629 Å². The Balaban J connectivity index is 0.000000183. The molecule has 21 nitrogen and oxygen atoms in total. The van der Waals surface area contributed by atoms with Gasteiger partial charge in [0, 0.05) is 79.7 Å². The van der Waals surface area contributed by atoms with Gasteiger partial charge in [-0.1, -0.05) is 122 Å². The summed E-state index contributed by atoms with van der Waals surface area (Å²) in [5.41, 5.74) is -0.264. The van der Waals surface area contributed by atoms with E-state index in [0.29, 0.717) is 37.5 Å². The van der Waals surface area contributed by atoms with E-state index in [1.54, 1.807) is 66.3 Å². The van der Waals surface area contributed by atoms with Crippen molar-refractivity contribution in [2.45, 2.75) is 97.3 Å². The highest BCUT2D eigenvalue weighted by Gasteiger charge is 2.44. The molecule has 0 spiro atoms. The molecule has 100 heavy (non-hydrogen) atoms. The van der Waals surface area contributed by atoms with Gasteiger partial charge in [-0.15, -0.1) is 0 Å². The molecule has 2 fully saturated rings. The van der Waals surface area contributed by atoms with Crippen LogP contribution in [0.3, 0.4) is 0 Å². The van der Waals surface area contributed by atoms with Crippen LogP contribution in [0.15, 0.2) is 201 Å². The highest BCUT2D eigenvalue weighted by atomic mass is 79.9. The number of carbonyl (C=O) groups excluding carboxylic acids is 2. The van der Waals surface area contributed by atoms with E-state index in [0.717, 1.165) is 57.0 Å². The molecular formula is C70H67Br4Cl4N9O12P+. The van der Waals surface area contributed by atoms with Crippen LogP contribution in [-0.4, -0.2) is 128 Å². The van der Waals surface area contributed by atoms with Gasteiger partial charge < -0.3 is 29.2 Å². The van der Waals surface area contributed by atoms with Crippen molar-refractivity contribution in [3.8, 4) is 23.1 Å². The van der Waals surface area contributed by atoms with Crippen molar-refractivity contribution >= 4 is 192 Å². The lowest BCUT2D eigenvalue weighted by atomic mass is 10.1. The molecule has 8 heterocycles. The lowest BCUT2D eigenvalue weighted by molar-refractivity contribution is -0.912. The van der Waals surface area contributed by atoms with Crippen molar-refractivity contribution in [3.63, 3.8) is 0 Å². The van der Waals surface area contributed by atoms with Crippen LogP contribution >= 0.6 is 114 Å². The molecule has 0 unspecified atom stereocenters. The van der Waals surface area contributed by atoms with Crippen LogP contribution in [0.2, 0.25) is 5.15 Å². The molecule has 2 amide bonds. The van der Waals surface area contributed by atoms with Crippen LogP contribution in [0.25, 0.3) is 65.3 Å². The molecule has 13 rings (SSSR count). The number of hydrogen-bond acceptors (Lipinski definition) is 16. The minimum Gasteiger partial charge on any atom is -0.480 e. The van der Waals surface area contributed by atoms with E-state index in [-0.39, 0.29) is 33.4 Å². The molecule has 4 atom stereocenters. The molecule has 524 valence electrons. The van der Waals surface area contributed by atoms with Crippen molar-refractivity contribution < 1.29 is 62.8 Å². The summed E-state index contributed by atoms with van der Waals surface area (Å²) in [5, 5.41) is 35.8. The van der Waals surface area contributed by atoms with Crippen molar-refractivity contribution in [1.29, 1.82) is 0 Å². The summed E-state index contributed by atoms with van der Waals surface area (Å²) in [6.07, 6.45) is 6.20. The third kappa shape index (κ3) is 23.8. The SMILES string of the molecule is Brc1cc2ccccc2cn1.C.CC(C)(C)OC(=O)N1C[C@H](Oc2nc(-c3cnccn3)cc3ccccc23)C[C@H]1C(=O)O.CC(C)(C)OC(=O)N1C[C@H](Oc2nc(Br)cc3ccccc23)C[C@H]1C(=O)O.Clc1nc(Br)cc2ccccc12.O=P(Cl)(Cl)Cl.O[n+]1cc2ccccc2cc1Br. The molecule has 0 saturated carbocycles. The van der Waals surface area contributed by atoms with Gasteiger partial charge in [-0.05, 0) is 192 Å². The second-order valence-electron chi connectivity index (χ2n) is 23.8. The summed E-state index contributed by atoms with van der Waals surface area (Å²) in [6, 6.07) is 46.7. The molecule has 0 bridgehead atoms. The fraction of sp³-hybridized carbons (Fsp3) is 0.243. The molecule has 2 aliphatic heterocycles. The third-order valence-corrected chi connectivity index (χ3v) is 16.3. The van der Waals surface area contributed by atoms with Gasteiger partial charge in [-0.3, -0.25) is 29.5 Å². The van der Waals surface area contributed by atoms with Gasteiger partial charge in [-0.25, -0.2) is 39.1 Å². The predicted molar refractivity (Wildman–Crippen MR) is 404 cm³/mol. The molecule has 3 N–H and O–H groups in total. The Hall–Kier alpha value is -7.58. The third-order valence-electron chi connectivity index (χ3n) is 14.1. The molecular weight excluding hydrogens is 1650 g/mol. The number of aliphatic carboxylic acids is 2. The van der Waals surface area contributed by atoms with Gasteiger partial charge in [0.15, 0.2) is 0 Å². The normalized spacial score (nSPS) is 15.5. The van der Waals surface area contributed by atoms with E-state index < -0.39 is 64.8 Å². The molecule has 2 aliphatic rings. The first-order valence-corrected chi connectivity index (χ1v) is 37.9. The number of likely N-dealkylation sites (tertiary alicyclic amines) is 2. The topological polar surface area (TPSA) is 271 Å². The summed E-state index contributed by atoms with van der Waals surface area (Å²) < 4.78 is 36.4. The van der Waals surface area contributed by atoms with Crippen LogP contribution in [0.5, 0.6) is 11.8 Å². The summed E-state index contributed by atoms with van der Waals surface area (Å²) in [4.78, 5) is 76.4. The van der Waals surface area contributed by atoms with E-state index in [1.165, 1.54) is 20.6 Å². The second-order valence-corrected chi connectivity index (χ2v) is 34.0. The highest BCUT2D eigenvalue weighted by Crippen LogP contribution is 2.61. The van der Waals surface area contributed by atoms with Crippen LogP contribution in [0.1, 0.15) is 61.8 Å². The Bertz CT molecular complexity index is 4710. The number of aromatic nitrogens is 7. The number of rotatable bonds is 7. The first-order valence-electron chi connectivity index (χ1n) is 29.9. The Morgan fingerprint density at radius 1 is 0.530 bits per heavy atom. The van der Waals surface area contributed by atoms with E-state index in [1.807, 2.05) is 146 Å². The van der Waals surface area contributed by atoms with Gasteiger partial charge in [0.25, 0.3) is 4.60 Å². The first kappa shape index (κ1) is 79.7. The number of nitrogens with zero attached hydrogens (tertiary/aromatic N) is 9. The predicted octanol–water partition coefficient (Wildman–Crippen LogP) is 19.6. The Morgan fingerprint density at radius 2 is 0.940 bits per heavy atom. The summed E-state index contributed by atoms with van der Waals surface area (Å²) in [5.74, 6) is -1.43. The van der Waals surface area contributed by atoms with Crippen LogP contribution < -0.4 is 14.2 Å². The largest absolute Gasteiger partial charge is 0.480 e. The maximum absolute atomic E-state index is 12.6. The number of fused-ring (bicyclic) bond motifs is 5. The van der Waals surface area contributed by atoms with Gasteiger partial charge in [0.1, 0.15) is 60.2 Å². The molecule has 2 saturated heterocycles. The minimum atomic E-state index is -3.22. The number of carboxylic acids is 2. The maximum Gasteiger partial charge on any atom is 0.411 e. The highest BCUT2D eigenvalue weighted by molar-refractivity contribution is 9.11. The van der Waals surface area contributed by atoms with Crippen LogP contribution in [0.4, 0.5) is 9.59 Å². The number of halogens is 8. The Morgan fingerprint density at radius 3 is 1.42 bits per heavy atom. The van der Waals surface area contributed by atoms with Crippen molar-refractivity contribution in [2.24, 2.45) is 0 Å². The van der Waals surface area contributed by atoms with Gasteiger partial charge >= 0.3 is 29.3 Å². The molecule has 30 heteroatoms. The Kier molecular flexibility index (Phi) is 28.6. The number of carboxylic acid groups (broad SMARTS) is 2. The number of benzene rings is 5. The number of amides is 2. The molecule has 5 aromatic carbocycles. The van der Waals surface area contributed by atoms with Crippen molar-refractivity contribution in [3.05, 3.63) is 206 Å². The molecule has 11 aromatic rings. The lowest BCUT2D eigenvalue weighted by Gasteiger charge is -2.26. The molecule has 6 aromatic heterocycles. The number of carbonyl (C=O) groups is 4. The zero-order chi connectivity index (χ0) is 71.9. The summed E-state index contributed by atoms with van der Waals surface area (Å²) in [6.45, 7) is 10.6. The minimum absolute atomic E-state index is 0. The first-order chi connectivity index (χ1) is 46.7. The average Bonchev–Trinajstić information content (AvgIpc) is 1.43. The number of hydrogen-bond donors (Lipinski definition) is 3. The molecule has 0 radical (unpaired) electrons. The summed E-state index contributed by atoms with van der Waals surface area (Å²) in [7, 11) is 0. The monoisotopic (exact) mass is 1710 g/mol. The fourth-order valence-corrected chi connectivity index (χ4v) is 11.9. The average molecular weight is 1720 g/mol. The smallest absolute Gasteiger partial charge is 0.411 e. The zero-order valence-corrected chi connectivity index (χ0v) is 63.7. The molecule has 0 aliphatic carbocycles. The van der Waals surface area contributed by atoms with E-state index in [2.05, 4.69) is 139 Å². The van der Waals surface area contributed by atoms with E-state index >= 15 is 0 Å². The number of ether oxygens (including phenoxy) is 4. The zero-order valence-electron chi connectivity index (χ0n) is 53.5. The fourth-order valence-electron chi connectivity index (χ4n) is 9.97. The van der Waals surface area contributed by atoms with Gasteiger partial charge in [0.2, 0.25) is 18.0 Å². The lowest BCUT2D eigenvalue weighted by Crippen LogP contribution is -2.43. The second kappa shape index (κ2) is 35.8. The van der Waals surface area contributed by atoms with Crippen LogP contribution in [0, 0.1) is 0 Å². The van der Waals surface area contributed by atoms with Gasteiger partial charge in [0.05, 0.1) is 30.4 Å². The van der Waals surface area contributed by atoms with Crippen molar-refractivity contribution in [2.75, 3.05) is 13.1 Å². The standard InChI is InChI=1S/C23H24N4O5.C19H21BrN2O5.C9H5BrClN.C9H7BrNO.C9H6BrN.CH4.Cl3OP/c1-23(2,3)32-22(30)27-13-15(11-19(27)21(28)29)31-20-16-7-5-4-6-14(16)10-17(26-20)18-12-24-8-9-25-18;1-19(2,3)27-18(25)22-10-12(9-14(22)17(23)24)26-16-13-7-5-4-6-11(13)8-15(20)21-16;10-8-5-6-3-1-2-4-7(6)9(11)12-8;10-9-5-7-3-1-2-4-8(7)6-11(9)12;10-9-5-7-3-1-2-4-8(7)6-11-9;;1-5(2,3)4/h4-10,12,15,19H,11,13H2,1-3H3,(H,28,29);4-8,12,14H,9-10H2,1-3H3,(H,23,24);1-5H;1-6,12H;1-6H;1H4;/q;;;+1;;;/t15-,19+;12-,14+;;;;;/m11...../s1. The van der Waals surface area contributed by atoms with E-state index in [9.17, 15) is 39.2 Å². The van der Waals surface area contributed by atoms with Gasteiger partial charge in [-0.2, -0.15) is 0 Å². The van der Waals surface area contributed by atoms with Crippen LogP contribution in [-0.2, 0) is 23.6 Å². The van der Waals surface area contributed by atoms with E-state index in [4.69, 9.17) is 30.5 Å².